The van der Waals surface area contributed by atoms with Crippen molar-refractivity contribution in [3.63, 3.8) is 0 Å². The Morgan fingerprint density at radius 3 is 1.88 bits per heavy atom. The van der Waals surface area contributed by atoms with Gasteiger partial charge in [-0.1, -0.05) is 55.4 Å². The number of esters is 1. The average molecular weight is 509 g/mol. The van der Waals surface area contributed by atoms with Crippen LogP contribution >= 0.6 is 0 Å². The summed E-state index contributed by atoms with van der Waals surface area (Å²) >= 11 is 0. The third kappa shape index (κ3) is 5.57. The molecule has 0 radical (unpaired) electrons. The summed E-state index contributed by atoms with van der Waals surface area (Å²) in [5.41, 5.74) is -0.520. The number of ether oxygens (including phenoxy) is 2. The lowest BCUT2D eigenvalue weighted by molar-refractivity contribution is -0.277. The molecule has 0 aliphatic carbocycles. The maximum atomic E-state index is 15.3. The molecule has 2 saturated heterocycles. The summed E-state index contributed by atoms with van der Waals surface area (Å²) in [5.74, 6) is -0.565. The molecule has 194 valence electrons. The van der Waals surface area contributed by atoms with Crippen LogP contribution in [0.4, 0.5) is 4.39 Å². The van der Waals surface area contributed by atoms with Crippen molar-refractivity contribution in [3.8, 4) is 0 Å². The standard InChI is InChI=1S/C23H45FO7Si2/c1-13(2)32(14(3)4)27-12-17-19(30-33(31-32,15(5)6)16(7)8)20(18(24)21(25)28-17)29-22(26)23(9,10)11/h13-21,25H,12H2,1-11H3/t17-,18?,19+,20-,21?/m1/s1. The second-order valence-electron chi connectivity index (χ2n) is 11.7. The molecule has 1 N–H and O–H groups in total. The highest BCUT2D eigenvalue weighted by Crippen LogP contribution is 2.47. The summed E-state index contributed by atoms with van der Waals surface area (Å²) < 4.78 is 47.1. The van der Waals surface area contributed by atoms with Gasteiger partial charge in [-0.3, -0.25) is 4.79 Å². The molecule has 10 heteroatoms. The largest absolute Gasteiger partial charge is 0.456 e. The van der Waals surface area contributed by atoms with Gasteiger partial charge in [0.1, 0.15) is 12.2 Å². The quantitative estimate of drug-likeness (QED) is 0.415. The molecule has 33 heavy (non-hydrogen) atoms. The number of hydrogen-bond acceptors (Lipinski definition) is 7. The minimum atomic E-state index is -3.06. The van der Waals surface area contributed by atoms with Crippen LogP contribution < -0.4 is 0 Å². The maximum Gasteiger partial charge on any atom is 0.335 e. The van der Waals surface area contributed by atoms with Crippen LogP contribution in [0.2, 0.25) is 22.2 Å². The number of fused-ring (bicyclic) bond motifs is 1. The van der Waals surface area contributed by atoms with E-state index in [-0.39, 0.29) is 28.8 Å². The summed E-state index contributed by atoms with van der Waals surface area (Å²) in [6.07, 6.45) is -6.74. The van der Waals surface area contributed by atoms with Crippen molar-refractivity contribution < 1.29 is 36.7 Å². The van der Waals surface area contributed by atoms with Crippen molar-refractivity contribution in [3.05, 3.63) is 0 Å². The zero-order chi connectivity index (χ0) is 25.5. The molecule has 5 atom stereocenters. The van der Waals surface area contributed by atoms with E-state index in [4.69, 9.17) is 22.4 Å². The van der Waals surface area contributed by atoms with E-state index >= 15 is 4.39 Å². The minimum Gasteiger partial charge on any atom is -0.456 e. The summed E-state index contributed by atoms with van der Waals surface area (Å²) in [6, 6.07) is 0. The third-order valence-electron chi connectivity index (χ3n) is 6.78. The van der Waals surface area contributed by atoms with Gasteiger partial charge >= 0.3 is 23.1 Å². The van der Waals surface area contributed by atoms with Gasteiger partial charge in [0.05, 0.1) is 12.0 Å². The Labute approximate surface area is 201 Å². The molecule has 0 bridgehead atoms. The number of hydrogen-bond donors (Lipinski definition) is 1. The fourth-order valence-electron chi connectivity index (χ4n) is 4.73. The number of alkyl halides is 1. The van der Waals surface area contributed by atoms with Crippen molar-refractivity contribution in [1.82, 2.24) is 0 Å². The second-order valence-corrected chi connectivity index (χ2v) is 20.5. The maximum absolute atomic E-state index is 15.3. The minimum absolute atomic E-state index is 0.0214. The van der Waals surface area contributed by atoms with E-state index in [1.54, 1.807) is 20.8 Å². The summed E-state index contributed by atoms with van der Waals surface area (Å²) in [6.45, 7) is 21.8. The first-order valence-electron chi connectivity index (χ1n) is 12.2. The van der Waals surface area contributed by atoms with E-state index in [0.29, 0.717) is 0 Å². The topological polar surface area (TPSA) is 83.5 Å². The van der Waals surface area contributed by atoms with E-state index in [1.165, 1.54) is 0 Å². The number of carbonyl (C=O) groups is 1. The van der Waals surface area contributed by atoms with Crippen LogP contribution in [0.15, 0.2) is 0 Å². The van der Waals surface area contributed by atoms with Crippen LogP contribution in [0.1, 0.15) is 76.2 Å². The first-order chi connectivity index (χ1) is 15.0. The van der Waals surface area contributed by atoms with Crippen molar-refractivity contribution in [2.24, 2.45) is 5.41 Å². The molecule has 0 spiro atoms. The van der Waals surface area contributed by atoms with E-state index < -0.39 is 59.3 Å². The molecular formula is C23H45FO7Si2. The number of carbonyl (C=O) groups excluding carboxylic acids is 1. The van der Waals surface area contributed by atoms with Gasteiger partial charge in [-0.15, -0.1) is 0 Å². The van der Waals surface area contributed by atoms with Gasteiger partial charge in [-0.2, -0.15) is 0 Å². The Balaban J connectivity index is 2.61. The van der Waals surface area contributed by atoms with Crippen molar-refractivity contribution in [2.75, 3.05) is 6.61 Å². The van der Waals surface area contributed by atoms with E-state index in [9.17, 15) is 9.90 Å². The molecule has 0 amide bonds. The van der Waals surface area contributed by atoms with Gasteiger partial charge in [0, 0.05) is 0 Å². The van der Waals surface area contributed by atoms with Crippen LogP contribution in [0.3, 0.4) is 0 Å². The summed E-state index contributed by atoms with van der Waals surface area (Å²) in [4.78, 5) is 12.7. The SMILES string of the molecule is CC(C)[Si]1(C(C)C)OC[C@H]2OC(O)C(F)[C@@H](OC(=O)C(C)(C)C)[C@H]2O[Si](C(C)C)(C(C)C)O1. The first kappa shape index (κ1) is 28.9. The first-order valence-corrected chi connectivity index (χ1v) is 16.1. The van der Waals surface area contributed by atoms with Crippen molar-refractivity contribution in [2.45, 2.75) is 129 Å². The molecule has 2 unspecified atom stereocenters. The number of rotatable bonds is 5. The molecule has 0 saturated carbocycles. The zero-order valence-electron chi connectivity index (χ0n) is 22.2. The van der Waals surface area contributed by atoms with Crippen molar-refractivity contribution in [1.29, 1.82) is 0 Å². The molecule has 0 aromatic rings. The smallest absolute Gasteiger partial charge is 0.335 e. The zero-order valence-corrected chi connectivity index (χ0v) is 24.2. The number of aliphatic hydroxyl groups is 1. The predicted octanol–water partition coefficient (Wildman–Crippen LogP) is 4.96. The van der Waals surface area contributed by atoms with Crippen LogP contribution in [-0.2, 0) is 27.2 Å². The van der Waals surface area contributed by atoms with Gasteiger partial charge in [-0.25, -0.2) is 4.39 Å². The normalized spacial score (nSPS) is 32.6. The van der Waals surface area contributed by atoms with Gasteiger partial charge in [0.25, 0.3) is 0 Å². The highest BCUT2D eigenvalue weighted by molar-refractivity contribution is 6.83. The highest BCUT2D eigenvalue weighted by atomic mass is 28.5. The molecule has 7 nitrogen and oxygen atoms in total. The van der Waals surface area contributed by atoms with Crippen LogP contribution in [0, 0.1) is 5.41 Å². The van der Waals surface area contributed by atoms with Crippen LogP contribution in [-0.4, -0.2) is 65.6 Å². The molecule has 2 heterocycles. The predicted molar refractivity (Wildman–Crippen MR) is 129 cm³/mol. The lowest BCUT2D eigenvalue weighted by atomic mass is 9.95. The summed E-state index contributed by atoms with van der Waals surface area (Å²) in [7, 11) is -5.87. The molecule has 0 aromatic carbocycles. The lowest BCUT2D eigenvalue weighted by Gasteiger charge is -2.54. The van der Waals surface area contributed by atoms with E-state index in [1.807, 2.05) is 0 Å². The number of halogens is 1. The van der Waals surface area contributed by atoms with Gasteiger partial charge in [0.2, 0.25) is 0 Å². The van der Waals surface area contributed by atoms with Gasteiger partial charge in [-0.05, 0) is 42.9 Å². The van der Waals surface area contributed by atoms with Crippen LogP contribution in [0.25, 0.3) is 0 Å². The molecule has 0 aromatic heterocycles. The Morgan fingerprint density at radius 1 is 0.970 bits per heavy atom. The van der Waals surface area contributed by atoms with E-state index in [2.05, 4.69) is 55.4 Å². The Kier molecular flexibility index (Phi) is 9.03. The molecular weight excluding hydrogens is 463 g/mol. The molecule has 2 aliphatic heterocycles. The summed E-state index contributed by atoms with van der Waals surface area (Å²) in [5, 5.41) is 10.4. The van der Waals surface area contributed by atoms with Crippen molar-refractivity contribution >= 4 is 23.1 Å². The van der Waals surface area contributed by atoms with E-state index in [0.717, 1.165) is 0 Å². The molecule has 2 aliphatic rings. The fraction of sp³-hybridized carbons (Fsp3) is 0.957. The average Bonchev–Trinajstić information content (AvgIpc) is 2.66. The fourth-order valence-corrected chi connectivity index (χ4v) is 15.9. The lowest BCUT2D eigenvalue weighted by Crippen LogP contribution is -2.70. The van der Waals surface area contributed by atoms with Crippen LogP contribution in [0.5, 0.6) is 0 Å². The Morgan fingerprint density at radius 2 is 1.45 bits per heavy atom. The second kappa shape index (κ2) is 10.3. The van der Waals surface area contributed by atoms with Gasteiger partial charge < -0.3 is 27.5 Å². The third-order valence-corrected chi connectivity index (χ3v) is 17.0. The number of aliphatic hydroxyl groups excluding tert-OH is 1. The Bertz CT molecular complexity index is 664. The van der Waals surface area contributed by atoms with Gasteiger partial charge in [0.15, 0.2) is 18.6 Å². The molecule has 2 fully saturated rings. The highest BCUT2D eigenvalue weighted by Gasteiger charge is 2.62. The molecule has 2 rings (SSSR count). The Hall–Kier alpha value is -0.366. The monoisotopic (exact) mass is 508 g/mol.